The molecule has 9 nitrogen and oxygen atoms in total. The molecule has 4 amide bonds. The maximum Gasteiger partial charge on any atom is 0.261 e. The van der Waals surface area contributed by atoms with Crippen LogP contribution in [0.2, 0.25) is 0 Å². The Labute approximate surface area is 193 Å². The van der Waals surface area contributed by atoms with Gasteiger partial charge >= 0.3 is 0 Å². The predicted octanol–water partition coefficient (Wildman–Crippen LogP) is 1.47. The molecule has 1 atom stereocenters. The first-order valence-corrected chi connectivity index (χ1v) is 11.7. The fraction of sp³-hybridized carbons (Fsp3) is 0.583. The fourth-order valence-corrected chi connectivity index (χ4v) is 4.68. The topological polar surface area (TPSA) is 105 Å². The molecule has 0 spiro atoms. The highest BCUT2D eigenvalue weighted by Crippen LogP contribution is 2.27. The van der Waals surface area contributed by atoms with E-state index < -0.39 is 0 Å². The van der Waals surface area contributed by atoms with Crippen LogP contribution in [-0.4, -0.2) is 86.0 Å². The SMILES string of the molecule is COCCCNC(=O)C1CCN(C(=O)c2ccc3c(c2)C(=O)N(CC2CCCO2)C3=O)CC1. The van der Waals surface area contributed by atoms with E-state index >= 15 is 0 Å². The molecule has 3 heterocycles. The number of nitrogens with zero attached hydrogens (tertiary/aromatic N) is 2. The molecule has 2 saturated heterocycles. The summed E-state index contributed by atoms with van der Waals surface area (Å²) in [7, 11) is 1.63. The maximum atomic E-state index is 13.1. The number of hydrogen-bond acceptors (Lipinski definition) is 6. The van der Waals surface area contributed by atoms with Crippen molar-refractivity contribution in [1.82, 2.24) is 15.1 Å². The van der Waals surface area contributed by atoms with Crippen molar-refractivity contribution in [2.45, 2.75) is 38.2 Å². The molecule has 33 heavy (non-hydrogen) atoms. The number of amides is 4. The van der Waals surface area contributed by atoms with Crippen molar-refractivity contribution in [2.75, 3.05) is 46.5 Å². The van der Waals surface area contributed by atoms with Crippen molar-refractivity contribution in [3.05, 3.63) is 34.9 Å². The van der Waals surface area contributed by atoms with Crippen molar-refractivity contribution in [3.8, 4) is 0 Å². The first kappa shape index (κ1) is 23.4. The van der Waals surface area contributed by atoms with Crippen LogP contribution in [0.3, 0.4) is 0 Å². The molecular weight excluding hydrogens is 426 g/mol. The van der Waals surface area contributed by atoms with Crippen LogP contribution in [0.4, 0.5) is 0 Å². The highest BCUT2D eigenvalue weighted by Gasteiger charge is 2.38. The first-order chi connectivity index (χ1) is 16.0. The molecule has 0 radical (unpaired) electrons. The zero-order valence-electron chi connectivity index (χ0n) is 19.0. The second kappa shape index (κ2) is 10.4. The lowest BCUT2D eigenvalue weighted by Gasteiger charge is -2.31. The number of benzene rings is 1. The van der Waals surface area contributed by atoms with Gasteiger partial charge in [-0.2, -0.15) is 0 Å². The van der Waals surface area contributed by atoms with Gasteiger partial charge in [0.25, 0.3) is 17.7 Å². The van der Waals surface area contributed by atoms with Gasteiger partial charge in [0, 0.05) is 51.4 Å². The smallest absolute Gasteiger partial charge is 0.261 e. The van der Waals surface area contributed by atoms with Crippen molar-refractivity contribution >= 4 is 23.6 Å². The summed E-state index contributed by atoms with van der Waals surface area (Å²) in [5.74, 6) is -0.978. The van der Waals surface area contributed by atoms with E-state index in [-0.39, 0.29) is 47.8 Å². The van der Waals surface area contributed by atoms with Crippen LogP contribution in [0.25, 0.3) is 0 Å². The number of rotatable bonds is 8. The third-order valence-electron chi connectivity index (χ3n) is 6.61. The van der Waals surface area contributed by atoms with E-state index in [9.17, 15) is 19.2 Å². The van der Waals surface area contributed by atoms with Crippen molar-refractivity contribution < 1.29 is 28.7 Å². The zero-order chi connectivity index (χ0) is 23.4. The number of methoxy groups -OCH3 is 1. The second-order valence-electron chi connectivity index (χ2n) is 8.82. The van der Waals surface area contributed by atoms with Gasteiger partial charge in [-0.3, -0.25) is 24.1 Å². The number of piperidine rings is 1. The van der Waals surface area contributed by atoms with E-state index in [1.165, 1.54) is 11.0 Å². The number of imide groups is 1. The summed E-state index contributed by atoms with van der Waals surface area (Å²) in [4.78, 5) is 53.9. The summed E-state index contributed by atoms with van der Waals surface area (Å²) in [5, 5.41) is 2.92. The molecule has 3 aliphatic heterocycles. The number of fused-ring (bicyclic) bond motifs is 1. The summed E-state index contributed by atoms with van der Waals surface area (Å²) in [5.41, 5.74) is 0.990. The van der Waals surface area contributed by atoms with E-state index in [2.05, 4.69) is 5.32 Å². The monoisotopic (exact) mass is 457 g/mol. The molecule has 2 fully saturated rings. The Morgan fingerprint density at radius 2 is 1.88 bits per heavy atom. The van der Waals surface area contributed by atoms with Gasteiger partial charge in [0.05, 0.1) is 23.8 Å². The van der Waals surface area contributed by atoms with Gasteiger partial charge in [-0.15, -0.1) is 0 Å². The minimum atomic E-state index is -0.371. The van der Waals surface area contributed by atoms with Crippen LogP contribution >= 0.6 is 0 Å². The normalized spacial score (nSPS) is 20.9. The van der Waals surface area contributed by atoms with Crippen LogP contribution in [-0.2, 0) is 14.3 Å². The number of carbonyl (C=O) groups excluding carboxylic acids is 4. The van der Waals surface area contributed by atoms with Crippen LogP contribution in [0.1, 0.15) is 63.2 Å². The first-order valence-electron chi connectivity index (χ1n) is 11.7. The van der Waals surface area contributed by atoms with Gasteiger partial charge in [-0.1, -0.05) is 0 Å². The summed E-state index contributed by atoms with van der Waals surface area (Å²) >= 11 is 0. The number of hydrogen-bond donors (Lipinski definition) is 1. The molecule has 4 rings (SSSR count). The number of ether oxygens (including phenoxy) is 2. The van der Waals surface area contributed by atoms with E-state index in [1.807, 2.05) is 0 Å². The standard InChI is InChI=1S/C24H31N3O6/c1-32-12-3-9-25-21(28)16-7-10-26(11-8-16)22(29)17-5-6-19-20(14-17)24(31)27(23(19)30)15-18-4-2-13-33-18/h5-6,14,16,18H,2-4,7-13,15H2,1H3,(H,25,28). The predicted molar refractivity (Wildman–Crippen MR) is 119 cm³/mol. The number of likely N-dealkylation sites (tertiary alicyclic amines) is 1. The van der Waals surface area contributed by atoms with E-state index in [0.717, 1.165) is 19.3 Å². The van der Waals surface area contributed by atoms with E-state index in [1.54, 1.807) is 24.1 Å². The molecular formula is C24H31N3O6. The molecule has 1 aromatic carbocycles. The highest BCUT2D eigenvalue weighted by atomic mass is 16.5. The summed E-state index contributed by atoms with van der Waals surface area (Å²) in [6.07, 6.45) is 3.60. The number of nitrogens with one attached hydrogen (secondary N) is 1. The fourth-order valence-electron chi connectivity index (χ4n) is 4.68. The Hall–Kier alpha value is -2.78. The summed E-state index contributed by atoms with van der Waals surface area (Å²) < 4.78 is 10.6. The molecule has 178 valence electrons. The van der Waals surface area contributed by atoms with Crippen molar-refractivity contribution in [3.63, 3.8) is 0 Å². The Kier molecular flexibility index (Phi) is 7.39. The lowest BCUT2D eigenvalue weighted by Crippen LogP contribution is -2.43. The van der Waals surface area contributed by atoms with Gasteiger partial charge in [-0.05, 0) is 50.3 Å². The molecule has 1 aromatic rings. The Morgan fingerprint density at radius 3 is 2.58 bits per heavy atom. The van der Waals surface area contributed by atoms with Crippen molar-refractivity contribution in [2.24, 2.45) is 5.92 Å². The van der Waals surface area contributed by atoms with Gasteiger partial charge in [-0.25, -0.2) is 0 Å². The molecule has 0 aliphatic carbocycles. The van der Waals surface area contributed by atoms with Crippen LogP contribution < -0.4 is 5.32 Å². The molecule has 1 unspecified atom stereocenters. The second-order valence-corrected chi connectivity index (χ2v) is 8.82. The minimum Gasteiger partial charge on any atom is -0.385 e. The molecule has 3 aliphatic rings. The zero-order valence-corrected chi connectivity index (χ0v) is 19.0. The molecule has 9 heteroatoms. The Bertz CT molecular complexity index is 919. The van der Waals surface area contributed by atoms with E-state index in [4.69, 9.17) is 9.47 Å². The highest BCUT2D eigenvalue weighted by molar-refractivity contribution is 6.22. The molecule has 0 bridgehead atoms. The maximum absolute atomic E-state index is 13.1. The quantitative estimate of drug-likeness (QED) is 0.468. The van der Waals surface area contributed by atoms with Gasteiger partial charge in [0.2, 0.25) is 5.91 Å². The summed E-state index contributed by atoms with van der Waals surface area (Å²) in [6, 6.07) is 4.71. The lowest BCUT2D eigenvalue weighted by molar-refractivity contribution is -0.126. The molecule has 0 aromatic heterocycles. The van der Waals surface area contributed by atoms with Crippen LogP contribution in [0.15, 0.2) is 18.2 Å². The lowest BCUT2D eigenvalue weighted by atomic mass is 9.95. The Balaban J connectivity index is 1.34. The third-order valence-corrected chi connectivity index (χ3v) is 6.61. The van der Waals surface area contributed by atoms with Gasteiger partial charge in [0.15, 0.2) is 0 Å². The average molecular weight is 458 g/mol. The third kappa shape index (κ3) is 5.09. The van der Waals surface area contributed by atoms with Crippen molar-refractivity contribution in [1.29, 1.82) is 0 Å². The largest absolute Gasteiger partial charge is 0.385 e. The van der Waals surface area contributed by atoms with Crippen LogP contribution in [0.5, 0.6) is 0 Å². The number of carbonyl (C=O) groups is 4. The van der Waals surface area contributed by atoms with Gasteiger partial charge < -0.3 is 19.7 Å². The summed E-state index contributed by atoms with van der Waals surface area (Å²) in [6.45, 7) is 3.04. The average Bonchev–Trinajstić information content (AvgIpc) is 3.44. The Morgan fingerprint density at radius 1 is 1.12 bits per heavy atom. The molecule has 0 saturated carbocycles. The molecule has 1 N–H and O–H groups in total. The van der Waals surface area contributed by atoms with Crippen LogP contribution in [0, 0.1) is 5.92 Å². The van der Waals surface area contributed by atoms with E-state index in [0.29, 0.717) is 56.8 Å². The van der Waals surface area contributed by atoms with Gasteiger partial charge in [0.1, 0.15) is 0 Å². The minimum absolute atomic E-state index is 0.0196.